The molecule has 3 N–H and O–H groups in total. The van der Waals surface area contributed by atoms with Crippen molar-refractivity contribution in [2.24, 2.45) is 4.99 Å². The largest absolute Gasteiger partial charge is 0.355 e. The van der Waals surface area contributed by atoms with E-state index < -0.39 is 10.0 Å². The number of halogens is 2. The number of aliphatic imine (C=N–C) groups is 1. The van der Waals surface area contributed by atoms with Crippen molar-refractivity contribution in [2.75, 3.05) is 33.2 Å². The van der Waals surface area contributed by atoms with Gasteiger partial charge in [0.15, 0.2) is 5.96 Å². The van der Waals surface area contributed by atoms with E-state index >= 15 is 0 Å². The summed E-state index contributed by atoms with van der Waals surface area (Å²) in [6, 6.07) is 4.03. The van der Waals surface area contributed by atoms with Crippen LogP contribution < -0.4 is 15.4 Å². The van der Waals surface area contributed by atoms with Gasteiger partial charge in [-0.3, -0.25) is 9.89 Å². The van der Waals surface area contributed by atoms with E-state index in [1.54, 1.807) is 13.1 Å². The van der Waals surface area contributed by atoms with Crippen LogP contribution in [-0.2, 0) is 10.0 Å². The topological polar surface area (TPSA) is 85.8 Å². The maximum atomic E-state index is 12.1. The SMILES string of the molecule is CN=C(NCCNS(=O)(=O)c1ccc(Cl)s1)NCCN(C(C)C)C(C)C.I. The van der Waals surface area contributed by atoms with Gasteiger partial charge in [0.1, 0.15) is 4.21 Å². The first-order chi connectivity index (χ1) is 12.2. The van der Waals surface area contributed by atoms with Crippen molar-refractivity contribution in [3.05, 3.63) is 16.5 Å². The lowest BCUT2D eigenvalue weighted by molar-refractivity contribution is 0.178. The quantitative estimate of drug-likeness (QED) is 0.180. The van der Waals surface area contributed by atoms with Crippen LogP contribution in [0.5, 0.6) is 0 Å². The molecular formula is C16H31ClIN5O2S2. The third kappa shape index (κ3) is 9.75. The molecule has 0 radical (unpaired) electrons. The average molecular weight is 552 g/mol. The van der Waals surface area contributed by atoms with Crippen LogP contribution in [0.1, 0.15) is 27.7 Å². The van der Waals surface area contributed by atoms with Gasteiger partial charge in [-0.1, -0.05) is 11.6 Å². The standard InChI is InChI=1S/C16H30ClN5O2S2.HI/c1-12(2)22(13(3)4)11-10-20-16(18-5)19-8-9-21-26(23,24)15-7-6-14(17)25-15;/h6-7,12-13,21H,8-11H2,1-5H3,(H2,18,19,20);1H. The highest BCUT2D eigenvalue weighted by molar-refractivity contribution is 14.0. The van der Waals surface area contributed by atoms with E-state index in [4.69, 9.17) is 11.6 Å². The summed E-state index contributed by atoms with van der Waals surface area (Å²) in [6.45, 7) is 11.1. The summed E-state index contributed by atoms with van der Waals surface area (Å²) in [5.41, 5.74) is 0. The Hall–Kier alpha value is -0.140. The van der Waals surface area contributed by atoms with Gasteiger partial charge in [-0.25, -0.2) is 13.1 Å². The van der Waals surface area contributed by atoms with Crippen LogP contribution >= 0.6 is 46.9 Å². The van der Waals surface area contributed by atoms with Gasteiger partial charge in [0, 0.05) is 45.3 Å². The molecule has 0 aliphatic rings. The van der Waals surface area contributed by atoms with Crippen molar-refractivity contribution in [1.82, 2.24) is 20.3 Å². The molecule has 0 amide bonds. The fourth-order valence-corrected chi connectivity index (χ4v) is 5.08. The molecule has 1 aromatic rings. The number of rotatable bonds is 10. The van der Waals surface area contributed by atoms with Crippen molar-refractivity contribution in [2.45, 2.75) is 44.0 Å². The minimum absolute atomic E-state index is 0. The zero-order chi connectivity index (χ0) is 19.7. The van der Waals surface area contributed by atoms with Crippen molar-refractivity contribution < 1.29 is 8.42 Å². The van der Waals surface area contributed by atoms with Crippen molar-refractivity contribution >= 4 is 62.9 Å². The van der Waals surface area contributed by atoms with Gasteiger partial charge in [0.2, 0.25) is 10.0 Å². The Balaban J connectivity index is 0.00000676. The highest BCUT2D eigenvalue weighted by Crippen LogP contribution is 2.25. The van der Waals surface area contributed by atoms with Gasteiger partial charge in [-0.15, -0.1) is 35.3 Å². The van der Waals surface area contributed by atoms with E-state index in [2.05, 4.69) is 52.9 Å². The molecule has 0 aliphatic heterocycles. The third-order valence-corrected chi connectivity index (χ3v) is 6.92. The Morgan fingerprint density at radius 2 is 1.74 bits per heavy atom. The number of thiophene rings is 1. The number of nitrogens with one attached hydrogen (secondary N) is 3. The molecule has 27 heavy (non-hydrogen) atoms. The van der Waals surface area contributed by atoms with E-state index in [0.29, 0.717) is 28.9 Å². The first kappa shape index (κ1) is 26.9. The average Bonchev–Trinajstić information content (AvgIpc) is 3.00. The van der Waals surface area contributed by atoms with Crippen LogP contribution in [0.4, 0.5) is 0 Å². The van der Waals surface area contributed by atoms with Gasteiger partial charge in [0.05, 0.1) is 4.34 Å². The Morgan fingerprint density at radius 3 is 2.22 bits per heavy atom. The second-order valence-corrected chi connectivity index (χ2v) is 10.0. The van der Waals surface area contributed by atoms with Gasteiger partial charge in [0.25, 0.3) is 0 Å². The smallest absolute Gasteiger partial charge is 0.250 e. The summed E-state index contributed by atoms with van der Waals surface area (Å²) in [5.74, 6) is 0.649. The van der Waals surface area contributed by atoms with E-state index in [9.17, 15) is 8.42 Å². The van der Waals surface area contributed by atoms with E-state index in [-0.39, 0.29) is 34.7 Å². The molecule has 0 bridgehead atoms. The molecular weight excluding hydrogens is 521 g/mol. The summed E-state index contributed by atoms with van der Waals surface area (Å²) in [5, 5.41) is 6.35. The van der Waals surface area contributed by atoms with E-state index in [1.807, 2.05) is 0 Å². The predicted octanol–water partition coefficient (Wildman–Crippen LogP) is 2.58. The van der Waals surface area contributed by atoms with Crippen LogP contribution in [0.15, 0.2) is 21.3 Å². The molecule has 158 valence electrons. The summed E-state index contributed by atoms with van der Waals surface area (Å²) in [6.07, 6.45) is 0. The molecule has 0 saturated heterocycles. The van der Waals surface area contributed by atoms with Crippen molar-refractivity contribution in [3.8, 4) is 0 Å². The van der Waals surface area contributed by atoms with Gasteiger partial charge < -0.3 is 10.6 Å². The van der Waals surface area contributed by atoms with Gasteiger partial charge in [-0.05, 0) is 39.8 Å². The van der Waals surface area contributed by atoms with Crippen molar-refractivity contribution in [1.29, 1.82) is 0 Å². The zero-order valence-electron chi connectivity index (χ0n) is 16.5. The Morgan fingerprint density at radius 1 is 1.15 bits per heavy atom. The maximum absolute atomic E-state index is 12.1. The van der Waals surface area contributed by atoms with Gasteiger partial charge >= 0.3 is 0 Å². The lowest BCUT2D eigenvalue weighted by Crippen LogP contribution is -2.46. The highest BCUT2D eigenvalue weighted by atomic mass is 127. The first-order valence-electron chi connectivity index (χ1n) is 8.62. The van der Waals surface area contributed by atoms with E-state index in [1.165, 1.54) is 6.07 Å². The second-order valence-electron chi connectivity index (χ2n) is 6.31. The van der Waals surface area contributed by atoms with Crippen LogP contribution in [0.2, 0.25) is 4.34 Å². The minimum Gasteiger partial charge on any atom is -0.355 e. The predicted molar refractivity (Wildman–Crippen MR) is 126 cm³/mol. The number of sulfonamides is 1. The fraction of sp³-hybridized carbons (Fsp3) is 0.688. The highest BCUT2D eigenvalue weighted by Gasteiger charge is 2.16. The Labute approximate surface area is 189 Å². The number of hydrogen-bond donors (Lipinski definition) is 3. The van der Waals surface area contributed by atoms with E-state index in [0.717, 1.165) is 24.4 Å². The molecule has 0 atom stereocenters. The fourth-order valence-electron chi connectivity index (χ4n) is 2.52. The Kier molecular flexibility index (Phi) is 13.1. The molecule has 0 aromatic carbocycles. The normalized spacial score (nSPS) is 12.6. The van der Waals surface area contributed by atoms with Gasteiger partial charge in [-0.2, -0.15) is 0 Å². The van der Waals surface area contributed by atoms with Crippen LogP contribution in [0, 0.1) is 0 Å². The summed E-state index contributed by atoms with van der Waals surface area (Å²) < 4.78 is 27.4. The van der Waals surface area contributed by atoms with Crippen LogP contribution in [0.25, 0.3) is 0 Å². The molecule has 1 heterocycles. The molecule has 1 aromatic heterocycles. The first-order valence-corrected chi connectivity index (χ1v) is 11.3. The van der Waals surface area contributed by atoms with Crippen LogP contribution in [-0.4, -0.2) is 64.6 Å². The molecule has 1 rings (SSSR count). The number of guanidine groups is 1. The monoisotopic (exact) mass is 551 g/mol. The Bertz CT molecular complexity index is 672. The molecule has 0 unspecified atom stereocenters. The van der Waals surface area contributed by atoms with Crippen molar-refractivity contribution in [3.63, 3.8) is 0 Å². The lowest BCUT2D eigenvalue weighted by atomic mass is 10.2. The third-order valence-electron chi connectivity index (χ3n) is 3.74. The number of hydrogen-bond acceptors (Lipinski definition) is 5. The molecule has 0 aliphatic carbocycles. The maximum Gasteiger partial charge on any atom is 0.250 e. The molecule has 0 fully saturated rings. The molecule has 7 nitrogen and oxygen atoms in total. The second kappa shape index (κ2) is 13.2. The molecule has 11 heteroatoms. The zero-order valence-corrected chi connectivity index (χ0v) is 21.2. The number of nitrogens with zero attached hydrogens (tertiary/aromatic N) is 2. The van der Waals surface area contributed by atoms with Crippen LogP contribution in [0.3, 0.4) is 0 Å². The minimum atomic E-state index is -3.51. The molecule has 0 saturated carbocycles. The summed E-state index contributed by atoms with van der Waals surface area (Å²) in [4.78, 5) is 6.54. The summed E-state index contributed by atoms with van der Waals surface area (Å²) >= 11 is 6.82. The lowest BCUT2D eigenvalue weighted by Gasteiger charge is -2.30. The summed E-state index contributed by atoms with van der Waals surface area (Å²) in [7, 11) is -1.82. The molecule has 0 spiro atoms.